The molecule has 4 rings (SSSR count). The maximum Gasteiger partial charge on any atom is 0.339 e. The number of anilines is 1. The minimum absolute atomic E-state index is 0.429. The van der Waals surface area contributed by atoms with Crippen molar-refractivity contribution in [1.82, 2.24) is 5.32 Å². The Labute approximate surface area is 177 Å². The normalized spacial score (nSPS) is 16.9. The highest BCUT2D eigenvalue weighted by Gasteiger charge is 2.24. The molecule has 1 aromatic carbocycles. The summed E-state index contributed by atoms with van der Waals surface area (Å²) in [6.45, 7) is 2.56. The van der Waals surface area contributed by atoms with E-state index in [1.807, 2.05) is 0 Å². The van der Waals surface area contributed by atoms with Crippen molar-refractivity contribution in [2.24, 2.45) is 5.92 Å². The maximum atomic E-state index is 12.4. The second kappa shape index (κ2) is 8.74. The molecule has 2 N–H and O–H groups in total. The minimum atomic E-state index is -0.727. The fourth-order valence-electron chi connectivity index (χ4n) is 3.50. The molecule has 8 nitrogen and oxygen atoms in total. The molecule has 0 radical (unpaired) electrons. The number of benzene rings is 1. The Morgan fingerprint density at radius 3 is 2.83 bits per heavy atom. The van der Waals surface area contributed by atoms with Gasteiger partial charge in [0.05, 0.1) is 5.56 Å². The zero-order valence-electron chi connectivity index (χ0n) is 16.5. The average Bonchev–Trinajstić information content (AvgIpc) is 3.15. The van der Waals surface area contributed by atoms with Crippen molar-refractivity contribution in [3.63, 3.8) is 0 Å². The fraction of sp³-hybridized carbons (Fsp3) is 0.381. The predicted molar refractivity (Wildman–Crippen MR) is 110 cm³/mol. The molecular formula is C21H22N2O6S. The van der Waals surface area contributed by atoms with Crippen molar-refractivity contribution in [2.75, 3.05) is 25.1 Å². The SMILES string of the molecule is C[C@H]1CCc2c(C(=O)OCC(=O)NC(=O)Nc3ccc4c(c3)OCCO4)csc2C1. The lowest BCUT2D eigenvalue weighted by Crippen LogP contribution is -2.37. The fourth-order valence-corrected chi connectivity index (χ4v) is 4.74. The lowest BCUT2D eigenvalue weighted by atomic mass is 9.88. The summed E-state index contributed by atoms with van der Waals surface area (Å²) in [5, 5.41) is 6.47. The third-order valence-corrected chi connectivity index (χ3v) is 6.06. The first-order chi connectivity index (χ1) is 14.5. The Balaban J connectivity index is 1.27. The number of rotatable bonds is 4. The highest BCUT2D eigenvalue weighted by atomic mass is 32.1. The largest absolute Gasteiger partial charge is 0.486 e. The van der Waals surface area contributed by atoms with E-state index < -0.39 is 24.5 Å². The van der Waals surface area contributed by atoms with E-state index in [4.69, 9.17) is 14.2 Å². The summed E-state index contributed by atoms with van der Waals surface area (Å²) in [5.74, 6) is 0.479. The van der Waals surface area contributed by atoms with Crippen LogP contribution in [-0.2, 0) is 22.4 Å². The molecule has 0 spiro atoms. The molecule has 0 saturated heterocycles. The van der Waals surface area contributed by atoms with Crippen molar-refractivity contribution in [2.45, 2.75) is 26.2 Å². The molecule has 1 aliphatic heterocycles. The third kappa shape index (κ3) is 4.56. The number of hydrogen-bond acceptors (Lipinski definition) is 7. The van der Waals surface area contributed by atoms with Gasteiger partial charge in [0.15, 0.2) is 18.1 Å². The number of amides is 3. The van der Waals surface area contributed by atoms with Crippen LogP contribution in [0.25, 0.3) is 0 Å². The smallest absolute Gasteiger partial charge is 0.339 e. The summed E-state index contributed by atoms with van der Waals surface area (Å²) < 4.78 is 16.0. The predicted octanol–water partition coefficient (Wildman–Crippen LogP) is 3.15. The van der Waals surface area contributed by atoms with Crippen LogP contribution in [0.4, 0.5) is 10.5 Å². The number of fused-ring (bicyclic) bond motifs is 2. The van der Waals surface area contributed by atoms with Crippen LogP contribution in [0.2, 0.25) is 0 Å². The zero-order valence-corrected chi connectivity index (χ0v) is 17.3. The Bertz CT molecular complexity index is 986. The van der Waals surface area contributed by atoms with E-state index in [1.165, 1.54) is 4.88 Å². The molecule has 0 saturated carbocycles. The molecule has 0 unspecified atom stereocenters. The first kappa shape index (κ1) is 20.2. The van der Waals surface area contributed by atoms with Gasteiger partial charge in [-0.1, -0.05) is 6.92 Å². The van der Waals surface area contributed by atoms with Gasteiger partial charge < -0.3 is 19.5 Å². The van der Waals surface area contributed by atoms with Crippen LogP contribution in [0.3, 0.4) is 0 Å². The molecule has 2 heterocycles. The quantitative estimate of drug-likeness (QED) is 0.723. The van der Waals surface area contributed by atoms with Crippen LogP contribution in [0.15, 0.2) is 23.6 Å². The Hall–Kier alpha value is -3.07. The van der Waals surface area contributed by atoms with Gasteiger partial charge >= 0.3 is 12.0 Å². The third-order valence-electron chi connectivity index (χ3n) is 5.01. The van der Waals surface area contributed by atoms with Gasteiger partial charge in [0.2, 0.25) is 0 Å². The van der Waals surface area contributed by atoms with Crippen LogP contribution in [0.5, 0.6) is 11.5 Å². The monoisotopic (exact) mass is 430 g/mol. The van der Waals surface area contributed by atoms with Gasteiger partial charge in [-0.15, -0.1) is 11.3 Å². The summed E-state index contributed by atoms with van der Waals surface area (Å²) >= 11 is 1.56. The van der Waals surface area contributed by atoms with Crippen molar-refractivity contribution in [3.8, 4) is 11.5 Å². The number of thiophene rings is 1. The van der Waals surface area contributed by atoms with Crippen LogP contribution in [-0.4, -0.2) is 37.7 Å². The van der Waals surface area contributed by atoms with Crippen molar-refractivity contribution in [3.05, 3.63) is 39.6 Å². The lowest BCUT2D eigenvalue weighted by Gasteiger charge is -2.19. The molecule has 2 aliphatic rings. The highest BCUT2D eigenvalue weighted by molar-refractivity contribution is 7.10. The number of esters is 1. The van der Waals surface area contributed by atoms with Crippen molar-refractivity contribution < 1.29 is 28.6 Å². The van der Waals surface area contributed by atoms with Crippen molar-refractivity contribution >= 4 is 34.9 Å². The minimum Gasteiger partial charge on any atom is -0.486 e. The maximum absolute atomic E-state index is 12.4. The molecule has 30 heavy (non-hydrogen) atoms. The van der Waals surface area contributed by atoms with E-state index in [1.54, 1.807) is 34.9 Å². The first-order valence-electron chi connectivity index (χ1n) is 9.76. The van der Waals surface area contributed by atoms with E-state index in [-0.39, 0.29) is 0 Å². The number of hydrogen-bond donors (Lipinski definition) is 2. The molecule has 1 atom stereocenters. The molecule has 158 valence electrons. The molecular weight excluding hydrogens is 408 g/mol. The average molecular weight is 430 g/mol. The molecule has 1 aliphatic carbocycles. The van der Waals surface area contributed by atoms with Gasteiger partial charge in [-0.2, -0.15) is 0 Å². The highest BCUT2D eigenvalue weighted by Crippen LogP contribution is 2.33. The summed E-state index contributed by atoms with van der Waals surface area (Å²) in [6.07, 6.45) is 2.84. The van der Waals surface area contributed by atoms with Gasteiger partial charge in [-0.25, -0.2) is 9.59 Å². The van der Waals surface area contributed by atoms with E-state index >= 15 is 0 Å². The number of ether oxygens (including phenoxy) is 3. The number of nitrogens with one attached hydrogen (secondary N) is 2. The Morgan fingerprint density at radius 1 is 1.20 bits per heavy atom. The lowest BCUT2D eigenvalue weighted by molar-refractivity contribution is -0.123. The molecule has 2 aromatic rings. The van der Waals surface area contributed by atoms with Crippen LogP contribution < -0.4 is 20.1 Å². The van der Waals surface area contributed by atoms with Gasteiger partial charge in [-0.3, -0.25) is 10.1 Å². The van der Waals surface area contributed by atoms with Gasteiger partial charge in [0, 0.05) is 22.0 Å². The van der Waals surface area contributed by atoms with E-state index in [9.17, 15) is 14.4 Å². The molecule has 1 aromatic heterocycles. The molecule has 0 bridgehead atoms. The molecule has 3 amide bonds. The van der Waals surface area contributed by atoms with E-state index in [2.05, 4.69) is 17.6 Å². The summed E-state index contributed by atoms with van der Waals surface area (Å²) in [6, 6.07) is 4.20. The van der Waals surface area contributed by atoms with E-state index in [0.29, 0.717) is 41.9 Å². The first-order valence-corrected chi connectivity index (χ1v) is 10.6. The number of urea groups is 1. The van der Waals surface area contributed by atoms with Crippen LogP contribution >= 0.6 is 11.3 Å². The Morgan fingerprint density at radius 2 is 2.00 bits per heavy atom. The van der Waals surface area contributed by atoms with Crippen molar-refractivity contribution in [1.29, 1.82) is 0 Å². The second-order valence-electron chi connectivity index (χ2n) is 7.34. The number of carbonyl (C=O) groups is 3. The Kier molecular flexibility index (Phi) is 5.89. The second-order valence-corrected chi connectivity index (χ2v) is 8.30. The number of imide groups is 1. The zero-order chi connectivity index (χ0) is 21.1. The topological polar surface area (TPSA) is 103 Å². The van der Waals surface area contributed by atoms with Crippen LogP contribution in [0.1, 0.15) is 34.1 Å². The van der Waals surface area contributed by atoms with Gasteiger partial charge in [0.1, 0.15) is 13.2 Å². The van der Waals surface area contributed by atoms with Gasteiger partial charge in [0.25, 0.3) is 5.91 Å². The standard InChI is InChI=1S/C21H22N2O6S/c1-12-2-4-14-15(11-30-18(14)8-12)20(25)29-10-19(24)23-21(26)22-13-3-5-16-17(9-13)28-7-6-27-16/h3,5,9,11-12H,2,4,6-8,10H2,1H3,(H2,22,23,24,26)/t12-/m0/s1. The summed E-state index contributed by atoms with van der Waals surface area (Å²) in [7, 11) is 0. The molecule has 9 heteroatoms. The number of carbonyl (C=O) groups excluding carboxylic acids is 3. The van der Waals surface area contributed by atoms with E-state index in [0.717, 1.165) is 24.8 Å². The summed E-state index contributed by atoms with van der Waals surface area (Å²) in [4.78, 5) is 37.6. The van der Waals surface area contributed by atoms with Gasteiger partial charge in [-0.05, 0) is 42.9 Å². The molecule has 0 fully saturated rings. The summed E-state index contributed by atoms with van der Waals surface area (Å²) in [5.41, 5.74) is 2.00. The van der Waals surface area contributed by atoms with Crippen LogP contribution in [0, 0.1) is 5.92 Å².